The number of pyridine rings is 1. The summed E-state index contributed by atoms with van der Waals surface area (Å²) < 4.78 is 0. The number of hydrogen-bond acceptors (Lipinski definition) is 4. The van der Waals surface area contributed by atoms with Gasteiger partial charge in [-0.25, -0.2) is 0 Å². The number of amides is 1. The van der Waals surface area contributed by atoms with Crippen molar-refractivity contribution in [3.05, 3.63) is 71.6 Å². The van der Waals surface area contributed by atoms with Gasteiger partial charge in [0.2, 0.25) is 0 Å². The second-order valence-electron chi connectivity index (χ2n) is 6.50. The average molecular weight is 336 g/mol. The molecule has 1 fully saturated rings. The number of rotatable bonds is 4. The molecular weight excluding hydrogens is 316 g/mol. The third-order valence-corrected chi connectivity index (χ3v) is 4.15. The first-order chi connectivity index (χ1) is 12.0. The number of carbonyl (C=O) groups excluding carboxylic acids is 2. The molecule has 5 heteroatoms. The van der Waals surface area contributed by atoms with Gasteiger partial charge in [-0.1, -0.05) is 50.2 Å². The van der Waals surface area contributed by atoms with Crippen LogP contribution in [-0.2, 0) is 9.59 Å². The van der Waals surface area contributed by atoms with Crippen LogP contribution in [0.2, 0.25) is 0 Å². The molecule has 1 amide bonds. The van der Waals surface area contributed by atoms with Gasteiger partial charge in [-0.15, -0.1) is 0 Å². The lowest BCUT2D eigenvalue weighted by molar-refractivity contribution is -0.140. The highest BCUT2D eigenvalue weighted by molar-refractivity contribution is 6.46. The van der Waals surface area contributed by atoms with Crippen LogP contribution in [0, 0.1) is 5.92 Å². The van der Waals surface area contributed by atoms with E-state index in [1.165, 1.54) is 4.90 Å². The van der Waals surface area contributed by atoms with Crippen LogP contribution < -0.4 is 0 Å². The first-order valence-electron chi connectivity index (χ1n) is 8.24. The Balaban J connectivity index is 2.18. The van der Waals surface area contributed by atoms with E-state index < -0.39 is 17.7 Å². The second kappa shape index (κ2) is 6.89. The van der Waals surface area contributed by atoms with Gasteiger partial charge in [0.15, 0.2) is 0 Å². The molecule has 0 radical (unpaired) electrons. The summed E-state index contributed by atoms with van der Waals surface area (Å²) >= 11 is 0. The van der Waals surface area contributed by atoms with Crippen LogP contribution in [-0.4, -0.2) is 33.2 Å². The van der Waals surface area contributed by atoms with Crippen LogP contribution in [0.15, 0.2) is 60.4 Å². The minimum absolute atomic E-state index is 0.116. The zero-order valence-electron chi connectivity index (χ0n) is 14.2. The molecule has 1 N–H and O–H groups in total. The van der Waals surface area contributed by atoms with Crippen molar-refractivity contribution in [2.75, 3.05) is 6.54 Å². The zero-order valence-corrected chi connectivity index (χ0v) is 14.2. The van der Waals surface area contributed by atoms with Gasteiger partial charge in [0.05, 0.1) is 11.6 Å². The number of aliphatic hydroxyl groups is 1. The molecule has 5 nitrogen and oxygen atoms in total. The molecule has 1 saturated heterocycles. The molecule has 128 valence electrons. The Morgan fingerprint density at radius 1 is 1.16 bits per heavy atom. The third-order valence-electron chi connectivity index (χ3n) is 4.15. The molecule has 0 spiro atoms. The molecule has 1 aromatic carbocycles. The van der Waals surface area contributed by atoms with Crippen molar-refractivity contribution < 1.29 is 14.7 Å². The molecule has 2 aromatic rings. The Morgan fingerprint density at radius 3 is 2.48 bits per heavy atom. The lowest BCUT2D eigenvalue weighted by atomic mass is 9.96. The zero-order chi connectivity index (χ0) is 18.0. The number of hydrogen-bond donors (Lipinski definition) is 1. The Bertz CT molecular complexity index is 813. The van der Waals surface area contributed by atoms with E-state index in [1.807, 2.05) is 26.0 Å². The van der Waals surface area contributed by atoms with E-state index in [0.29, 0.717) is 17.7 Å². The number of nitrogens with zero attached hydrogens (tertiary/aromatic N) is 2. The van der Waals surface area contributed by atoms with Gasteiger partial charge in [0.25, 0.3) is 11.7 Å². The predicted octanol–water partition coefficient (Wildman–Crippen LogP) is 3.16. The summed E-state index contributed by atoms with van der Waals surface area (Å²) in [6, 6.07) is 11.7. The van der Waals surface area contributed by atoms with Crippen LogP contribution in [0.3, 0.4) is 0 Å². The highest BCUT2D eigenvalue weighted by Gasteiger charge is 2.46. The second-order valence-corrected chi connectivity index (χ2v) is 6.50. The number of aliphatic hydroxyl groups excluding tert-OH is 1. The van der Waals surface area contributed by atoms with Gasteiger partial charge >= 0.3 is 0 Å². The van der Waals surface area contributed by atoms with E-state index in [-0.39, 0.29) is 17.3 Å². The van der Waals surface area contributed by atoms with Crippen molar-refractivity contribution in [2.24, 2.45) is 5.92 Å². The molecule has 1 unspecified atom stereocenters. The van der Waals surface area contributed by atoms with Gasteiger partial charge in [-0.3, -0.25) is 14.6 Å². The van der Waals surface area contributed by atoms with Crippen LogP contribution in [0.25, 0.3) is 5.76 Å². The van der Waals surface area contributed by atoms with Crippen molar-refractivity contribution >= 4 is 17.4 Å². The largest absolute Gasteiger partial charge is 0.507 e. The molecule has 2 heterocycles. The summed E-state index contributed by atoms with van der Waals surface area (Å²) in [7, 11) is 0. The maximum atomic E-state index is 12.7. The molecule has 0 aliphatic carbocycles. The summed E-state index contributed by atoms with van der Waals surface area (Å²) in [5.74, 6) is -1.20. The minimum atomic E-state index is -0.657. The fraction of sp³-hybridized carbons (Fsp3) is 0.250. The van der Waals surface area contributed by atoms with E-state index in [1.54, 1.807) is 42.7 Å². The van der Waals surface area contributed by atoms with Gasteiger partial charge in [-0.2, -0.15) is 0 Å². The Labute approximate surface area is 146 Å². The highest BCUT2D eigenvalue weighted by Crippen LogP contribution is 2.39. The van der Waals surface area contributed by atoms with Crippen molar-refractivity contribution in [1.29, 1.82) is 0 Å². The van der Waals surface area contributed by atoms with Crippen LogP contribution in [0.5, 0.6) is 0 Å². The molecule has 1 aromatic heterocycles. The maximum absolute atomic E-state index is 12.7. The van der Waals surface area contributed by atoms with Gasteiger partial charge in [0, 0.05) is 24.5 Å². The van der Waals surface area contributed by atoms with E-state index >= 15 is 0 Å². The average Bonchev–Trinajstić information content (AvgIpc) is 2.87. The Morgan fingerprint density at radius 2 is 1.88 bits per heavy atom. The van der Waals surface area contributed by atoms with E-state index in [4.69, 9.17) is 0 Å². The first-order valence-corrected chi connectivity index (χ1v) is 8.24. The van der Waals surface area contributed by atoms with Crippen molar-refractivity contribution in [2.45, 2.75) is 19.9 Å². The molecule has 1 atom stereocenters. The summed E-state index contributed by atoms with van der Waals surface area (Å²) in [6.07, 6.45) is 3.26. The molecule has 1 aliphatic heterocycles. The molecule has 0 saturated carbocycles. The summed E-state index contributed by atoms with van der Waals surface area (Å²) in [5.41, 5.74) is 1.34. The van der Waals surface area contributed by atoms with E-state index in [2.05, 4.69) is 4.98 Å². The monoisotopic (exact) mass is 336 g/mol. The lowest BCUT2D eigenvalue weighted by Gasteiger charge is -2.26. The SMILES string of the molecule is CC(C)CN1C(=O)C(=O)/C(=C(/O)c2ccccc2)C1c1cccnc1. The van der Waals surface area contributed by atoms with Crippen molar-refractivity contribution in [3.8, 4) is 0 Å². The fourth-order valence-corrected chi connectivity index (χ4v) is 3.10. The van der Waals surface area contributed by atoms with E-state index in [0.717, 1.165) is 0 Å². The van der Waals surface area contributed by atoms with Crippen LogP contribution in [0.4, 0.5) is 0 Å². The predicted molar refractivity (Wildman–Crippen MR) is 94.5 cm³/mol. The fourth-order valence-electron chi connectivity index (χ4n) is 3.10. The van der Waals surface area contributed by atoms with E-state index in [9.17, 15) is 14.7 Å². The maximum Gasteiger partial charge on any atom is 0.295 e. The van der Waals surface area contributed by atoms with Gasteiger partial charge in [0.1, 0.15) is 5.76 Å². The molecular formula is C20H20N2O3. The van der Waals surface area contributed by atoms with Gasteiger partial charge < -0.3 is 10.0 Å². The summed E-state index contributed by atoms with van der Waals surface area (Å²) in [6.45, 7) is 4.39. The molecule has 3 rings (SSSR count). The van der Waals surface area contributed by atoms with Crippen molar-refractivity contribution in [1.82, 2.24) is 9.88 Å². The third kappa shape index (κ3) is 3.18. The quantitative estimate of drug-likeness (QED) is 0.529. The Kier molecular flexibility index (Phi) is 4.65. The molecule has 1 aliphatic rings. The summed E-state index contributed by atoms with van der Waals surface area (Å²) in [5, 5.41) is 10.8. The standard InChI is InChI=1S/C20H20N2O3/c1-13(2)12-22-17(15-9-6-10-21-11-15)16(19(24)20(22)25)18(23)14-7-4-3-5-8-14/h3-11,13,17,23H,12H2,1-2H3/b18-16+. The smallest absolute Gasteiger partial charge is 0.295 e. The number of Topliss-reactive ketones (excluding diaryl/α,β-unsaturated/α-hetero) is 1. The first kappa shape index (κ1) is 16.9. The summed E-state index contributed by atoms with van der Waals surface area (Å²) in [4.78, 5) is 30.9. The van der Waals surface area contributed by atoms with Crippen LogP contribution >= 0.6 is 0 Å². The van der Waals surface area contributed by atoms with Gasteiger partial charge in [-0.05, 0) is 17.5 Å². The molecule has 0 bridgehead atoms. The number of carbonyl (C=O) groups is 2. The lowest BCUT2D eigenvalue weighted by Crippen LogP contribution is -2.33. The minimum Gasteiger partial charge on any atom is -0.507 e. The number of aromatic nitrogens is 1. The topological polar surface area (TPSA) is 70.5 Å². The number of likely N-dealkylation sites (tertiary alicyclic amines) is 1. The number of benzene rings is 1. The van der Waals surface area contributed by atoms with Crippen molar-refractivity contribution in [3.63, 3.8) is 0 Å². The Hall–Kier alpha value is -2.95. The highest BCUT2D eigenvalue weighted by atomic mass is 16.3. The number of ketones is 1. The normalized spacial score (nSPS) is 19.6. The van der Waals surface area contributed by atoms with Crippen LogP contribution in [0.1, 0.15) is 31.0 Å². The molecule has 25 heavy (non-hydrogen) atoms.